The number of primary amides is 1. The molecule has 0 radical (unpaired) electrons. The number of nitrogens with zero attached hydrogens (tertiary/aromatic N) is 1. The van der Waals surface area contributed by atoms with E-state index in [4.69, 9.17) is 25.3 Å². The van der Waals surface area contributed by atoms with Gasteiger partial charge in [0.15, 0.2) is 0 Å². The summed E-state index contributed by atoms with van der Waals surface area (Å²) >= 11 is 0. The fourth-order valence-electron chi connectivity index (χ4n) is 4.08. The van der Waals surface area contributed by atoms with Gasteiger partial charge in [-0.3, -0.25) is 19.1 Å². The number of benzene rings is 1. The molecule has 2 rings (SSSR count). The van der Waals surface area contributed by atoms with Gasteiger partial charge in [0, 0.05) is 23.5 Å². The molecule has 1 atom stereocenters. The second-order valence-corrected chi connectivity index (χ2v) is 10.6. The average molecular weight is 518 g/mol. The zero-order valence-electron chi connectivity index (χ0n) is 19.4. The molecule has 0 aliphatic rings. The predicted molar refractivity (Wildman–Crippen MR) is 126 cm³/mol. The lowest BCUT2D eigenvalue weighted by atomic mass is 9.93. The lowest BCUT2D eigenvalue weighted by Gasteiger charge is -2.17. The maximum Gasteiger partial charge on any atom is 0.524 e. The van der Waals surface area contributed by atoms with Crippen LogP contribution in [-0.2, 0) is 26.6 Å². The SMILES string of the molecule is CCCC(C)Cc1c(-c2ccc(OP(=O)(O)O)cc2)c(C(N)=O)c(C)n1CCCOP(=O)(O)O. The monoisotopic (exact) mass is 518 g/mol. The van der Waals surface area contributed by atoms with Crippen LogP contribution in [0.1, 0.15) is 54.9 Å². The third kappa shape index (κ3) is 8.06. The van der Waals surface area contributed by atoms with Gasteiger partial charge in [-0.1, -0.05) is 38.8 Å². The Morgan fingerprint density at radius 1 is 1.12 bits per heavy atom. The summed E-state index contributed by atoms with van der Waals surface area (Å²) in [6.45, 7) is 6.11. The van der Waals surface area contributed by atoms with Crippen LogP contribution >= 0.6 is 15.6 Å². The van der Waals surface area contributed by atoms with Crippen LogP contribution in [0.25, 0.3) is 11.1 Å². The van der Waals surface area contributed by atoms with Gasteiger partial charge in [0.05, 0.1) is 12.2 Å². The molecule has 0 aliphatic carbocycles. The number of rotatable bonds is 13. The molecule has 1 heterocycles. The molecule has 0 aliphatic heterocycles. The van der Waals surface area contributed by atoms with Gasteiger partial charge in [0.1, 0.15) is 5.75 Å². The van der Waals surface area contributed by atoms with Crippen molar-refractivity contribution in [2.75, 3.05) is 6.61 Å². The molecule has 1 amide bonds. The van der Waals surface area contributed by atoms with E-state index in [0.717, 1.165) is 18.5 Å². The fourth-order valence-corrected chi connectivity index (χ4v) is 4.84. The Morgan fingerprint density at radius 2 is 1.74 bits per heavy atom. The normalized spacial score (nSPS) is 13.1. The molecular formula is C21H32N2O9P2. The van der Waals surface area contributed by atoms with Crippen molar-refractivity contribution in [3.8, 4) is 16.9 Å². The molecule has 0 bridgehead atoms. The van der Waals surface area contributed by atoms with Crippen LogP contribution in [-0.4, -0.2) is 36.7 Å². The standard InChI is InChI=1S/C21H32N2O9P2/c1-4-6-14(2)13-18-20(16-7-9-17(10-8-16)32-34(28,29)30)19(21(22)24)15(3)23(18)11-5-12-31-33(25,26)27/h7-10,14H,4-6,11-13H2,1-3H3,(H2,22,24)(H2,25,26,27)(H2,28,29,30). The van der Waals surface area contributed by atoms with Crippen LogP contribution in [0.3, 0.4) is 0 Å². The molecule has 0 saturated heterocycles. The first-order chi connectivity index (χ1) is 15.7. The van der Waals surface area contributed by atoms with Gasteiger partial charge >= 0.3 is 15.6 Å². The second kappa shape index (κ2) is 11.6. The number of nitrogens with two attached hydrogens (primary N) is 1. The molecule has 11 nitrogen and oxygen atoms in total. The third-order valence-corrected chi connectivity index (χ3v) is 6.32. The Balaban J connectivity index is 2.54. The predicted octanol–water partition coefficient (Wildman–Crippen LogP) is 3.51. The van der Waals surface area contributed by atoms with E-state index in [-0.39, 0.29) is 18.3 Å². The fraction of sp³-hybridized carbons (Fsp3) is 0.476. The van der Waals surface area contributed by atoms with Crippen LogP contribution in [0.5, 0.6) is 5.75 Å². The Kier molecular flexibility index (Phi) is 9.68. The summed E-state index contributed by atoms with van der Waals surface area (Å²) in [6.07, 6.45) is 2.84. The smallest absolute Gasteiger partial charge is 0.404 e. The second-order valence-electron chi connectivity index (χ2n) is 8.18. The Hall–Kier alpha value is -1.97. The number of phosphoric acid groups is 2. The minimum Gasteiger partial charge on any atom is -0.404 e. The zero-order valence-corrected chi connectivity index (χ0v) is 21.2. The van der Waals surface area contributed by atoms with Gasteiger partial charge in [-0.2, -0.15) is 0 Å². The molecule has 1 aromatic carbocycles. The van der Waals surface area contributed by atoms with Crippen molar-refractivity contribution < 1.29 is 42.5 Å². The molecule has 13 heteroatoms. The summed E-state index contributed by atoms with van der Waals surface area (Å²) in [7, 11) is -9.29. The van der Waals surface area contributed by atoms with Gasteiger partial charge in [-0.15, -0.1) is 0 Å². The summed E-state index contributed by atoms with van der Waals surface area (Å²) in [4.78, 5) is 48.4. The van der Waals surface area contributed by atoms with E-state index in [1.807, 2.05) is 4.57 Å². The van der Waals surface area contributed by atoms with E-state index < -0.39 is 21.6 Å². The highest BCUT2D eigenvalue weighted by molar-refractivity contribution is 7.46. The van der Waals surface area contributed by atoms with E-state index in [2.05, 4.69) is 22.9 Å². The summed E-state index contributed by atoms with van der Waals surface area (Å²) in [5.74, 6) is -0.372. The van der Waals surface area contributed by atoms with E-state index in [9.17, 15) is 13.9 Å². The van der Waals surface area contributed by atoms with E-state index in [0.29, 0.717) is 41.8 Å². The Morgan fingerprint density at radius 3 is 2.24 bits per heavy atom. The molecule has 34 heavy (non-hydrogen) atoms. The molecule has 1 aromatic heterocycles. The summed E-state index contributed by atoms with van der Waals surface area (Å²) in [6, 6.07) is 6.00. The van der Waals surface area contributed by atoms with Crippen LogP contribution in [0.2, 0.25) is 0 Å². The number of amides is 1. The van der Waals surface area contributed by atoms with E-state index in [1.54, 1.807) is 19.1 Å². The van der Waals surface area contributed by atoms with E-state index in [1.165, 1.54) is 12.1 Å². The molecule has 0 saturated carbocycles. The van der Waals surface area contributed by atoms with Crippen molar-refractivity contribution in [1.29, 1.82) is 0 Å². The van der Waals surface area contributed by atoms with Crippen LogP contribution in [0.15, 0.2) is 24.3 Å². The minimum atomic E-state index is -4.71. The highest BCUT2D eigenvalue weighted by atomic mass is 31.2. The minimum absolute atomic E-state index is 0.0238. The third-order valence-electron chi connectivity index (χ3n) is 5.35. The maximum atomic E-state index is 12.5. The quantitative estimate of drug-likeness (QED) is 0.196. The molecule has 6 N–H and O–H groups in total. The van der Waals surface area contributed by atoms with Crippen molar-refractivity contribution in [3.63, 3.8) is 0 Å². The van der Waals surface area contributed by atoms with Crippen molar-refractivity contribution in [2.24, 2.45) is 11.7 Å². The molecular weight excluding hydrogens is 486 g/mol. The Bertz CT molecular complexity index is 1090. The number of carbonyl (C=O) groups is 1. The van der Waals surface area contributed by atoms with Gasteiger partial charge in [-0.25, -0.2) is 9.13 Å². The first kappa shape index (κ1) is 28.3. The molecule has 1 unspecified atom stereocenters. The first-order valence-electron chi connectivity index (χ1n) is 10.8. The molecule has 190 valence electrons. The number of hydrogen-bond donors (Lipinski definition) is 5. The lowest BCUT2D eigenvalue weighted by molar-refractivity contribution is 0.1000. The Labute approximate surface area is 198 Å². The average Bonchev–Trinajstić information content (AvgIpc) is 2.96. The molecule has 0 fully saturated rings. The summed E-state index contributed by atoms with van der Waals surface area (Å²) in [5, 5.41) is 0. The van der Waals surface area contributed by atoms with Gasteiger partial charge < -0.3 is 24.6 Å². The van der Waals surface area contributed by atoms with Crippen LogP contribution in [0, 0.1) is 12.8 Å². The number of carbonyl (C=O) groups excluding carboxylic acids is 1. The highest BCUT2D eigenvalue weighted by Gasteiger charge is 2.26. The van der Waals surface area contributed by atoms with Crippen LogP contribution in [0.4, 0.5) is 0 Å². The van der Waals surface area contributed by atoms with Crippen molar-refractivity contribution >= 4 is 21.6 Å². The highest BCUT2D eigenvalue weighted by Crippen LogP contribution is 2.40. The topological polar surface area (TPSA) is 182 Å². The van der Waals surface area contributed by atoms with Crippen molar-refractivity contribution in [1.82, 2.24) is 4.57 Å². The van der Waals surface area contributed by atoms with Gasteiger partial charge in [-0.05, 0) is 43.4 Å². The number of aromatic nitrogens is 1. The van der Waals surface area contributed by atoms with Crippen molar-refractivity contribution in [3.05, 3.63) is 41.2 Å². The first-order valence-corrected chi connectivity index (χ1v) is 13.9. The largest absolute Gasteiger partial charge is 0.524 e. The number of hydrogen-bond acceptors (Lipinski definition) is 5. The molecule has 0 spiro atoms. The summed E-state index contributed by atoms with van der Waals surface area (Å²) < 4.78 is 33.2. The maximum absolute atomic E-state index is 12.5. The van der Waals surface area contributed by atoms with Gasteiger partial charge in [0.25, 0.3) is 5.91 Å². The van der Waals surface area contributed by atoms with Gasteiger partial charge in [0.2, 0.25) is 0 Å². The number of phosphoric ester groups is 2. The molecule has 2 aromatic rings. The summed E-state index contributed by atoms with van der Waals surface area (Å²) in [5.41, 5.74) is 8.76. The van der Waals surface area contributed by atoms with Crippen LogP contribution < -0.4 is 10.3 Å². The van der Waals surface area contributed by atoms with Crippen molar-refractivity contribution in [2.45, 2.75) is 53.0 Å². The van der Waals surface area contributed by atoms with E-state index >= 15 is 0 Å². The lowest BCUT2D eigenvalue weighted by Crippen LogP contribution is -2.14. The zero-order chi connectivity index (χ0) is 25.7.